The van der Waals surface area contributed by atoms with E-state index in [9.17, 15) is 29.8 Å². The molecule has 0 aliphatic heterocycles. The first-order valence-electron chi connectivity index (χ1n) is 9.99. The Labute approximate surface area is 193 Å². The summed E-state index contributed by atoms with van der Waals surface area (Å²) in [5.74, 6) is -1.80. The van der Waals surface area contributed by atoms with Gasteiger partial charge in [0.05, 0.1) is 15.4 Å². The predicted octanol–water partition coefficient (Wildman–Crippen LogP) is 4.39. The molecular weight excluding hydrogens is 444 g/mol. The molecule has 0 bridgehead atoms. The second-order valence-corrected chi connectivity index (χ2v) is 7.20. The van der Waals surface area contributed by atoms with Gasteiger partial charge in [0.1, 0.15) is 11.4 Å². The number of anilines is 2. The fraction of sp³-hybridized carbons (Fsp3) is 0.130. The van der Waals surface area contributed by atoms with Crippen LogP contribution in [-0.2, 0) is 9.53 Å². The van der Waals surface area contributed by atoms with Crippen molar-refractivity contribution in [2.24, 2.45) is 0 Å². The summed E-state index contributed by atoms with van der Waals surface area (Å²) in [5.41, 5.74) is 0.280. The summed E-state index contributed by atoms with van der Waals surface area (Å²) in [6.45, 7) is 1.67. The Morgan fingerprint density at radius 2 is 1.50 bits per heavy atom. The molecule has 11 heteroatoms. The van der Waals surface area contributed by atoms with Crippen molar-refractivity contribution in [1.29, 1.82) is 0 Å². The van der Waals surface area contributed by atoms with Gasteiger partial charge >= 0.3 is 5.97 Å². The monoisotopic (exact) mass is 464 g/mol. The summed E-state index contributed by atoms with van der Waals surface area (Å²) in [6.07, 6.45) is -1.47. The van der Waals surface area contributed by atoms with Crippen LogP contribution in [0.5, 0.6) is 0 Å². The number of nitro benzene ring substituents is 2. The van der Waals surface area contributed by atoms with E-state index >= 15 is 0 Å². The summed E-state index contributed by atoms with van der Waals surface area (Å²) in [6, 6.07) is 16.1. The van der Waals surface area contributed by atoms with Gasteiger partial charge in [0, 0.05) is 24.7 Å². The standard InChI is InChI=1S/C23H20N4O7/c1-14-8-10-18(19(12-14)26(30)31)25-22(28)21(15-6-4-3-5-7-15)34-23(29)16-9-11-17(24-2)20(13-16)27(32)33/h3-13,21,24H,1-2H3,(H,25,28). The fourth-order valence-corrected chi connectivity index (χ4v) is 3.19. The lowest BCUT2D eigenvalue weighted by atomic mass is 10.1. The van der Waals surface area contributed by atoms with Gasteiger partial charge in [-0.2, -0.15) is 0 Å². The number of carbonyl (C=O) groups is 2. The topological polar surface area (TPSA) is 154 Å². The van der Waals surface area contributed by atoms with Crippen LogP contribution in [0.3, 0.4) is 0 Å². The van der Waals surface area contributed by atoms with Crippen molar-refractivity contribution in [2.75, 3.05) is 17.7 Å². The molecular formula is C23H20N4O7. The zero-order chi connectivity index (χ0) is 24.8. The molecule has 174 valence electrons. The minimum Gasteiger partial charge on any atom is -0.444 e. The minimum absolute atomic E-state index is 0.0633. The van der Waals surface area contributed by atoms with Crippen LogP contribution in [0.25, 0.3) is 0 Å². The van der Waals surface area contributed by atoms with Crippen LogP contribution < -0.4 is 10.6 Å². The van der Waals surface area contributed by atoms with Gasteiger partial charge in [-0.25, -0.2) is 4.79 Å². The first kappa shape index (κ1) is 23.9. The third-order valence-electron chi connectivity index (χ3n) is 4.87. The van der Waals surface area contributed by atoms with Crippen LogP contribution in [-0.4, -0.2) is 28.8 Å². The van der Waals surface area contributed by atoms with E-state index in [1.54, 1.807) is 43.3 Å². The molecule has 1 unspecified atom stereocenters. The normalized spacial score (nSPS) is 11.2. The number of carbonyl (C=O) groups excluding carboxylic acids is 2. The number of hydrogen-bond donors (Lipinski definition) is 2. The highest BCUT2D eigenvalue weighted by Crippen LogP contribution is 2.29. The van der Waals surface area contributed by atoms with E-state index in [1.807, 2.05) is 0 Å². The zero-order valence-corrected chi connectivity index (χ0v) is 18.2. The molecule has 0 heterocycles. The molecule has 0 aliphatic carbocycles. The minimum atomic E-state index is -1.47. The van der Waals surface area contributed by atoms with Crippen molar-refractivity contribution in [3.63, 3.8) is 0 Å². The van der Waals surface area contributed by atoms with Crippen molar-refractivity contribution < 1.29 is 24.2 Å². The Morgan fingerprint density at radius 3 is 2.12 bits per heavy atom. The van der Waals surface area contributed by atoms with Crippen molar-refractivity contribution in [3.8, 4) is 0 Å². The lowest BCUT2D eigenvalue weighted by Gasteiger charge is -2.18. The zero-order valence-electron chi connectivity index (χ0n) is 18.2. The largest absolute Gasteiger partial charge is 0.444 e. The van der Waals surface area contributed by atoms with E-state index in [1.165, 1.54) is 31.3 Å². The molecule has 0 aromatic heterocycles. The Morgan fingerprint density at radius 1 is 0.882 bits per heavy atom. The SMILES string of the molecule is CNc1ccc(C(=O)OC(C(=O)Nc2ccc(C)cc2[N+](=O)[O-])c2ccccc2)cc1[N+](=O)[O-]. The molecule has 1 amide bonds. The quantitative estimate of drug-likeness (QED) is 0.283. The van der Waals surface area contributed by atoms with Crippen LogP contribution in [0.4, 0.5) is 22.7 Å². The number of benzene rings is 3. The number of amides is 1. The second kappa shape index (κ2) is 10.2. The maximum atomic E-state index is 13.1. The second-order valence-electron chi connectivity index (χ2n) is 7.20. The van der Waals surface area contributed by atoms with Gasteiger partial charge in [0.2, 0.25) is 6.10 Å². The van der Waals surface area contributed by atoms with Crippen LogP contribution in [0.1, 0.15) is 27.6 Å². The molecule has 0 spiro atoms. The van der Waals surface area contributed by atoms with Crippen molar-refractivity contribution in [1.82, 2.24) is 0 Å². The molecule has 2 N–H and O–H groups in total. The number of ether oxygens (including phenoxy) is 1. The van der Waals surface area contributed by atoms with E-state index < -0.39 is 27.8 Å². The Balaban J connectivity index is 1.93. The molecule has 3 aromatic rings. The lowest BCUT2D eigenvalue weighted by molar-refractivity contribution is -0.384. The van der Waals surface area contributed by atoms with Gasteiger partial charge < -0.3 is 15.4 Å². The highest BCUT2D eigenvalue weighted by molar-refractivity contribution is 5.99. The first-order chi connectivity index (χ1) is 16.2. The molecule has 0 radical (unpaired) electrons. The van der Waals surface area contributed by atoms with E-state index in [-0.39, 0.29) is 28.3 Å². The molecule has 0 aliphatic rings. The average Bonchev–Trinajstić information content (AvgIpc) is 2.83. The number of esters is 1. The summed E-state index contributed by atoms with van der Waals surface area (Å²) in [5, 5.41) is 27.8. The number of aryl methyl sites for hydroxylation is 1. The van der Waals surface area contributed by atoms with Gasteiger partial charge in [-0.1, -0.05) is 36.4 Å². The Bertz CT molecular complexity index is 1260. The van der Waals surface area contributed by atoms with Crippen LogP contribution >= 0.6 is 0 Å². The third-order valence-corrected chi connectivity index (χ3v) is 4.87. The van der Waals surface area contributed by atoms with Crippen LogP contribution in [0, 0.1) is 27.2 Å². The van der Waals surface area contributed by atoms with Crippen molar-refractivity contribution in [3.05, 3.63) is 104 Å². The summed E-state index contributed by atoms with van der Waals surface area (Å²) >= 11 is 0. The predicted molar refractivity (Wildman–Crippen MR) is 124 cm³/mol. The maximum absolute atomic E-state index is 13.1. The fourth-order valence-electron chi connectivity index (χ4n) is 3.19. The van der Waals surface area contributed by atoms with Gasteiger partial charge in [0.15, 0.2) is 0 Å². The number of nitrogens with one attached hydrogen (secondary N) is 2. The lowest BCUT2D eigenvalue weighted by Crippen LogP contribution is -2.26. The number of nitro groups is 2. The highest BCUT2D eigenvalue weighted by Gasteiger charge is 2.28. The number of rotatable bonds is 8. The summed E-state index contributed by atoms with van der Waals surface area (Å²) in [7, 11) is 1.50. The Hall–Kier alpha value is -4.80. The van der Waals surface area contributed by atoms with Gasteiger partial charge in [0.25, 0.3) is 17.3 Å². The van der Waals surface area contributed by atoms with Gasteiger partial charge in [-0.05, 0) is 30.7 Å². The van der Waals surface area contributed by atoms with Crippen molar-refractivity contribution >= 4 is 34.6 Å². The molecule has 11 nitrogen and oxygen atoms in total. The van der Waals surface area contributed by atoms with Crippen LogP contribution in [0.2, 0.25) is 0 Å². The van der Waals surface area contributed by atoms with E-state index in [4.69, 9.17) is 4.74 Å². The molecule has 3 rings (SSSR count). The number of hydrogen-bond acceptors (Lipinski definition) is 8. The average molecular weight is 464 g/mol. The van der Waals surface area contributed by atoms with Crippen LogP contribution in [0.15, 0.2) is 66.7 Å². The smallest absolute Gasteiger partial charge is 0.339 e. The summed E-state index contributed by atoms with van der Waals surface area (Å²) in [4.78, 5) is 47.4. The third kappa shape index (κ3) is 5.33. The van der Waals surface area contributed by atoms with E-state index in [2.05, 4.69) is 10.6 Å². The first-order valence-corrected chi connectivity index (χ1v) is 9.99. The van der Waals surface area contributed by atoms with Crippen molar-refractivity contribution in [2.45, 2.75) is 13.0 Å². The maximum Gasteiger partial charge on any atom is 0.339 e. The molecule has 0 fully saturated rings. The van der Waals surface area contributed by atoms with E-state index in [0.717, 1.165) is 6.07 Å². The Kier molecular flexibility index (Phi) is 7.16. The molecule has 1 atom stereocenters. The van der Waals surface area contributed by atoms with Gasteiger partial charge in [-0.3, -0.25) is 25.0 Å². The molecule has 34 heavy (non-hydrogen) atoms. The molecule has 0 saturated heterocycles. The van der Waals surface area contributed by atoms with E-state index in [0.29, 0.717) is 11.1 Å². The van der Waals surface area contributed by atoms with Gasteiger partial charge in [-0.15, -0.1) is 0 Å². The highest BCUT2D eigenvalue weighted by atomic mass is 16.6. The molecule has 3 aromatic carbocycles. The number of nitrogens with zero attached hydrogens (tertiary/aromatic N) is 2. The summed E-state index contributed by atoms with van der Waals surface area (Å²) < 4.78 is 5.43. The molecule has 0 saturated carbocycles.